The average molecular weight is 361 g/mol. The van der Waals surface area contributed by atoms with Gasteiger partial charge in [-0.2, -0.15) is 0 Å². The second-order valence-electron chi connectivity index (χ2n) is 5.94. The summed E-state index contributed by atoms with van der Waals surface area (Å²) in [6.07, 6.45) is 2.08. The Bertz CT molecular complexity index is 683. The molecule has 0 unspecified atom stereocenters. The number of carbonyl (C=O) groups is 1. The van der Waals surface area contributed by atoms with Crippen LogP contribution in [-0.4, -0.2) is 31.1 Å². The van der Waals surface area contributed by atoms with E-state index in [1.807, 2.05) is 29.6 Å². The molecule has 2 aromatic rings. The van der Waals surface area contributed by atoms with Gasteiger partial charge in [0.1, 0.15) is 23.1 Å². The van der Waals surface area contributed by atoms with E-state index in [0.29, 0.717) is 19.7 Å². The van der Waals surface area contributed by atoms with Gasteiger partial charge >= 0.3 is 0 Å². The smallest absolute Gasteiger partial charge is 0.223 e. The summed E-state index contributed by atoms with van der Waals surface area (Å²) < 4.78 is 10.8. The summed E-state index contributed by atoms with van der Waals surface area (Å²) in [5.74, 6) is 2.06. The number of hydrogen-bond acceptors (Lipinski definition) is 6. The maximum atomic E-state index is 11.5. The molecule has 1 heterocycles. The molecule has 0 atom stereocenters. The molecule has 0 spiro atoms. The quantitative estimate of drug-likeness (QED) is 0.636. The largest absolute Gasteiger partial charge is 0.497 e. The highest BCUT2D eigenvalue weighted by molar-refractivity contribution is 7.09. The van der Waals surface area contributed by atoms with Crippen LogP contribution in [0.25, 0.3) is 0 Å². The lowest BCUT2D eigenvalue weighted by Gasteiger charge is -2.05. The third kappa shape index (κ3) is 5.72. The van der Waals surface area contributed by atoms with Gasteiger partial charge in [0.2, 0.25) is 5.91 Å². The second-order valence-corrected chi connectivity index (χ2v) is 6.88. The Kier molecular flexibility index (Phi) is 6.25. The molecule has 25 heavy (non-hydrogen) atoms. The van der Waals surface area contributed by atoms with E-state index in [1.54, 1.807) is 18.4 Å². The molecule has 3 rings (SSSR count). The first-order chi connectivity index (χ1) is 12.2. The van der Waals surface area contributed by atoms with Gasteiger partial charge in [-0.3, -0.25) is 4.79 Å². The zero-order chi connectivity index (χ0) is 17.5. The number of ether oxygens (including phenoxy) is 2. The Morgan fingerprint density at radius 1 is 1.24 bits per heavy atom. The van der Waals surface area contributed by atoms with Gasteiger partial charge in [0.05, 0.1) is 12.8 Å². The molecule has 1 saturated carbocycles. The van der Waals surface area contributed by atoms with Crippen molar-refractivity contribution < 1.29 is 14.3 Å². The highest BCUT2D eigenvalue weighted by atomic mass is 32.1. The van der Waals surface area contributed by atoms with Gasteiger partial charge in [0.25, 0.3) is 0 Å². The van der Waals surface area contributed by atoms with Crippen molar-refractivity contribution in [1.82, 2.24) is 15.6 Å². The zero-order valence-corrected chi connectivity index (χ0v) is 15.1. The maximum Gasteiger partial charge on any atom is 0.223 e. The topological polar surface area (TPSA) is 72.5 Å². The third-order valence-corrected chi connectivity index (χ3v) is 4.75. The number of nitrogens with zero attached hydrogens (tertiary/aromatic N) is 1. The van der Waals surface area contributed by atoms with Crippen LogP contribution in [0.1, 0.15) is 23.5 Å². The highest BCUT2D eigenvalue weighted by Crippen LogP contribution is 2.28. The SMILES string of the molecule is COc1ccc(OCc2nc(CNCCNC(=O)C3CC3)cs2)cc1. The Balaban J connectivity index is 1.33. The van der Waals surface area contributed by atoms with Gasteiger partial charge in [0, 0.05) is 30.9 Å². The molecule has 6 nitrogen and oxygen atoms in total. The standard InChI is InChI=1S/C18H23N3O3S/c1-23-15-4-6-16(7-5-15)24-11-17-21-14(12-25-17)10-19-8-9-20-18(22)13-2-3-13/h4-7,12-13,19H,2-3,8-11H2,1H3,(H,20,22). The zero-order valence-electron chi connectivity index (χ0n) is 14.3. The van der Waals surface area contributed by atoms with E-state index < -0.39 is 0 Å². The molecule has 1 fully saturated rings. The number of aromatic nitrogens is 1. The Hall–Kier alpha value is -2.12. The van der Waals surface area contributed by atoms with Gasteiger partial charge in [-0.15, -0.1) is 11.3 Å². The Morgan fingerprint density at radius 2 is 2.00 bits per heavy atom. The van der Waals surface area contributed by atoms with Crippen molar-refractivity contribution in [3.05, 3.63) is 40.3 Å². The van der Waals surface area contributed by atoms with E-state index >= 15 is 0 Å². The Morgan fingerprint density at radius 3 is 2.72 bits per heavy atom. The van der Waals surface area contributed by atoms with E-state index in [9.17, 15) is 4.79 Å². The fraction of sp³-hybridized carbons (Fsp3) is 0.444. The minimum atomic E-state index is 0.188. The van der Waals surface area contributed by atoms with Crippen LogP contribution >= 0.6 is 11.3 Å². The number of benzene rings is 1. The summed E-state index contributed by atoms with van der Waals surface area (Å²) in [5.41, 5.74) is 0.992. The number of thiazole rings is 1. The number of rotatable bonds is 10. The minimum Gasteiger partial charge on any atom is -0.497 e. The molecule has 0 saturated heterocycles. The van der Waals surface area contributed by atoms with Crippen molar-refractivity contribution in [3.63, 3.8) is 0 Å². The molecule has 1 aromatic heterocycles. The average Bonchev–Trinajstić information content (AvgIpc) is 3.40. The van der Waals surface area contributed by atoms with Crippen LogP contribution < -0.4 is 20.1 Å². The molecule has 1 aromatic carbocycles. The first-order valence-corrected chi connectivity index (χ1v) is 9.31. The van der Waals surface area contributed by atoms with Gasteiger partial charge in [-0.25, -0.2) is 4.98 Å². The molecule has 7 heteroatoms. The van der Waals surface area contributed by atoms with E-state index in [-0.39, 0.29) is 11.8 Å². The van der Waals surface area contributed by atoms with E-state index in [4.69, 9.17) is 9.47 Å². The second kappa shape index (κ2) is 8.82. The number of methoxy groups -OCH3 is 1. The molecule has 134 valence electrons. The van der Waals surface area contributed by atoms with Crippen LogP contribution in [0.3, 0.4) is 0 Å². The summed E-state index contributed by atoms with van der Waals surface area (Å²) in [5, 5.41) is 9.20. The van der Waals surface area contributed by atoms with Crippen LogP contribution in [0, 0.1) is 5.92 Å². The first kappa shape index (κ1) is 17.7. The van der Waals surface area contributed by atoms with Gasteiger partial charge in [-0.05, 0) is 37.1 Å². The van der Waals surface area contributed by atoms with Crippen molar-refractivity contribution in [2.45, 2.75) is 26.0 Å². The van der Waals surface area contributed by atoms with Crippen LogP contribution in [0.5, 0.6) is 11.5 Å². The predicted molar refractivity (Wildman–Crippen MR) is 96.9 cm³/mol. The van der Waals surface area contributed by atoms with E-state index in [1.165, 1.54) is 0 Å². The van der Waals surface area contributed by atoms with Crippen molar-refractivity contribution >= 4 is 17.2 Å². The Labute approximate surface area is 151 Å². The lowest BCUT2D eigenvalue weighted by atomic mass is 10.3. The van der Waals surface area contributed by atoms with Crippen LogP contribution in [-0.2, 0) is 17.9 Å². The fourth-order valence-electron chi connectivity index (χ4n) is 2.29. The number of amides is 1. The van der Waals surface area contributed by atoms with Gasteiger partial charge in [0.15, 0.2) is 0 Å². The van der Waals surface area contributed by atoms with Crippen molar-refractivity contribution in [1.29, 1.82) is 0 Å². The van der Waals surface area contributed by atoms with E-state index in [2.05, 4.69) is 15.6 Å². The summed E-state index contributed by atoms with van der Waals surface area (Å²) in [6, 6.07) is 7.50. The van der Waals surface area contributed by atoms with Crippen molar-refractivity contribution in [2.75, 3.05) is 20.2 Å². The van der Waals surface area contributed by atoms with Gasteiger partial charge in [-0.1, -0.05) is 0 Å². The van der Waals surface area contributed by atoms with Crippen molar-refractivity contribution in [3.8, 4) is 11.5 Å². The monoisotopic (exact) mass is 361 g/mol. The molecule has 0 bridgehead atoms. The lowest BCUT2D eigenvalue weighted by molar-refractivity contribution is -0.122. The molecule has 1 aliphatic carbocycles. The molecule has 0 radical (unpaired) electrons. The summed E-state index contributed by atoms with van der Waals surface area (Å²) in [7, 11) is 1.64. The van der Waals surface area contributed by atoms with Crippen LogP contribution in [0.2, 0.25) is 0 Å². The molecule has 1 aliphatic rings. The van der Waals surface area contributed by atoms with Crippen molar-refractivity contribution in [2.24, 2.45) is 5.92 Å². The number of hydrogen-bond donors (Lipinski definition) is 2. The molecular weight excluding hydrogens is 338 g/mol. The lowest BCUT2D eigenvalue weighted by Crippen LogP contribution is -2.32. The normalized spacial score (nSPS) is 13.5. The summed E-state index contributed by atoms with van der Waals surface area (Å²) in [6.45, 7) is 2.55. The number of nitrogens with one attached hydrogen (secondary N) is 2. The molecule has 2 N–H and O–H groups in total. The van der Waals surface area contributed by atoms with Crippen LogP contribution in [0.15, 0.2) is 29.6 Å². The molecule has 1 amide bonds. The fourth-order valence-corrected chi connectivity index (χ4v) is 3.00. The predicted octanol–water partition coefficient (Wildman–Crippen LogP) is 2.35. The first-order valence-electron chi connectivity index (χ1n) is 8.43. The third-order valence-electron chi connectivity index (χ3n) is 3.88. The summed E-state index contributed by atoms with van der Waals surface area (Å²) in [4.78, 5) is 16.0. The highest BCUT2D eigenvalue weighted by Gasteiger charge is 2.28. The molecule has 0 aliphatic heterocycles. The minimum absolute atomic E-state index is 0.188. The summed E-state index contributed by atoms with van der Waals surface area (Å²) >= 11 is 1.59. The van der Waals surface area contributed by atoms with Crippen LogP contribution in [0.4, 0.5) is 0 Å². The number of carbonyl (C=O) groups excluding carboxylic acids is 1. The molecular formula is C18H23N3O3S. The van der Waals surface area contributed by atoms with Gasteiger partial charge < -0.3 is 20.1 Å². The van der Waals surface area contributed by atoms with E-state index in [0.717, 1.165) is 41.6 Å². The maximum absolute atomic E-state index is 11.5.